The molecular formula is C23H30N2O. The lowest BCUT2D eigenvalue weighted by Crippen LogP contribution is -2.22. The van der Waals surface area contributed by atoms with Crippen LogP contribution in [0, 0.1) is 0 Å². The van der Waals surface area contributed by atoms with Crippen molar-refractivity contribution in [3.05, 3.63) is 71.6 Å². The summed E-state index contributed by atoms with van der Waals surface area (Å²) in [7, 11) is 0. The van der Waals surface area contributed by atoms with Gasteiger partial charge in [0.2, 0.25) is 0 Å². The van der Waals surface area contributed by atoms with Crippen molar-refractivity contribution < 1.29 is 5.11 Å². The second-order valence-electron chi connectivity index (χ2n) is 7.24. The number of hydrogen-bond donors (Lipinski definition) is 1. The van der Waals surface area contributed by atoms with Crippen molar-refractivity contribution in [2.75, 3.05) is 6.54 Å². The number of rotatable bonds is 9. The lowest BCUT2D eigenvalue weighted by molar-refractivity contribution is 0.221. The minimum atomic E-state index is 0.317. The summed E-state index contributed by atoms with van der Waals surface area (Å²) in [6.45, 7) is 7.87. The first-order chi connectivity index (χ1) is 12.7. The predicted molar refractivity (Wildman–Crippen MR) is 107 cm³/mol. The summed E-state index contributed by atoms with van der Waals surface area (Å²) in [5.74, 6) is 0.317. The van der Waals surface area contributed by atoms with E-state index in [0.29, 0.717) is 18.2 Å². The molecule has 0 saturated carbocycles. The fourth-order valence-corrected chi connectivity index (χ4v) is 3.87. The van der Waals surface area contributed by atoms with Crippen molar-refractivity contribution in [2.45, 2.75) is 58.0 Å². The Morgan fingerprint density at radius 3 is 2.77 bits per heavy atom. The van der Waals surface area contributed by atoms with Crippen LogP contribution in [0.5, 0.6) is 5.75 Å². The molecule has 1 unspecified atom stereocenters. The van der Waals surface area contributed by atoms with Crippen molar-refractivity contribution in [1.82, 2.24) is 9.88 Å². The highest BCUT2D eigenvalue weighted by Crippen LogP contribution is 2.38. The van der Waals surface area contributed by atoms with Gasteiger partial charge >= 0.3 is 0 Å². The maximum Gasteiger partial charge on any atom is 0.137 e. The van der Waals surface area contributed by atoms with Crippen molar-refractivity contribution in [1.29, 1.82) is 0 Å². The van der Waals surface area contributed by atoms with E-state index >= 15 is 0 Å². The van der Waals surface area contributed by atoms with E-state index in [-0.39, 0.29) is 0 Å². The van der Waals surface area contributed by atoms with Gasteiger partial charge in [-0.1, -0.05) is 69.0 Å². The molecule has 0 aliphatic carbocycles. The van der Waals surface area contributed by atoms with Crippen LogP contribution in [0.15, 0.2) is 49.1 Å². The van der Waals surface area contributed by atoms with Gasteiger partial charge in [0.15, 0.2) is 0 Å². The SMILES string of the molecule is C=CCN1Cc2cc(O)c(Cc3ccccc3)nc2C1CCCCCC. The second kappa shape index (κ2) is 9.00. The van der Waals surface area contributed by atoms with E-state index in [4.69, 9.17) is 4.98 Å². The average Bonchev–Trinajstić information content (AvgIpc) is 2.96. The van der Waals surface area contributed by atoms with Crippen LogP contribution in [0.1, 0.15) is 67.6 Å². The Morgan fingerprint density at radius 1 is 1.23 bits per heavy atom. The molecule has 0 spiro atoms. The molecule has 1 aliphatic heterocycles. The molecule has 138 valence electrons. The highest BCUT2D eigenvalue weighted by molar-refractivity contribution is 5.40. The van der Waals surface area contributed by atoms with Crippen LogP contribution in [0.2, 0.25) is 0 Å². The summed E-state index contributed by atoms with van der Waals surface area (Å²) in [6.07, 6.45) is 8.82. The minimum absolute atomic E-state index is 0.317. The number of nitrogens with zero attached hydrogens (tertiary/aromatic N) is 2. The first-order valence-corrected chi connectivity index (χ1v) is 9.83. The van der Waals surface area contributed by atoms with Crippen LogP contribution in [0.4, 0.5) is 0 Å². The Labute approximate surface area is 157 Å². The first kappa shape index (κ1) is 18.7. The highest BCUT2D eigenvalue weighted by Gasteiger charge is 2.31. The molecular weight excluding hydrogens is 320 g/mol. The molecule has 3 rings (SSSR count). The molecule has 3 nitrogen and oxygen atoms in total. The van der Waals surface area contributed by atoms with Gasteiger partial charge < -0.3 is 5.11 Å². The number of aromatic hydroxyl groups is 1. The first-order valence-electron chi connectivity index (χ1n) is 9.83. The van der Waals surface area contributed by atoms with Crippen molar-refractivity contribution in [2.24, 2.45) is 0 Å². The van der Waals surface area contributed by atoms with Gasteiger partial charge in [-0.15, -0.1) is 6.58 Å². The van der Waals surface area contributed by atoms with Gasteiger partial charge in [0.25, 0.3) is 0 Å². The third-order valence-corrected chi connectivity index (χ3v) is 5.23. The van der Waals surface area contributed by atoms with Crippen LogP contribution in [0.3, 0.4) is 0 Å². The zero-order valence-electron chi connectivity index (χ0n) is 15.8. The largest absolute Gasteiger partial charge is 0.506 e. The minimum Gasteiger partial charge on any atom is -0.506 e. The van der Waals surface area contributed by atoms with Crippen LogP contribution < -0.4 is 0 Å². The molecule has 1 atom stereocenters. The van der Waals surface area contributed by atoms with Gasteiger partial charge in [0, 0.05) is 19.5 Å². The summed E-state index contributed by atoms with van der Waals surface area (Å²) in [5, 5.41) is 10.5. The number of aromatic nitrogens is 1. The standard InChI is InChI=1S/C23H30N2O/c1-3-5-6-10-13-21-23-19(17-25(21)14-4-2)16-22(26)20(24-23)15-18-11-8-7-9-12-18/h4,7-9,11-12,16,21,26H,2-3,5-6,10,13-15,17H2,1H3. The molecule has 3 heteroatoms. The number of hydrogen-bond acceptors (Lipinski definition) is 3. The Kier molecular flexibility index (Phi) is 6.45. The Hall–Kier alpha value is -2.13. The summed E-state index contributed by atoms with van der Waals surface area (Å²) in [4.78, 5) is 7.37. The molecule has 1 aromatic heterocycles. The Bertz CT molecular complexity index is 726. The summed E-state index contributed by atoms with van der Waals surface area (Å²) >= 11 is 0. The van der Waals surface area contributed by atoms with E-state index in [1.165, 1.54) is 36.8 Å². The van der Waals surface area contributed by atoms with Gasteiger partial charge in [0.05, 0.1) is 17.4 Å². The summed E-state index contributed by atoms with van der Waals surface area (Å²) in [6, 6.07) is 12.5. The Balaban J connectivity index is 1.82. The van der Waals surface area contributed by atoms with Crippen LogP contribution in [0.25, 0.3) is 0 Å². The molecule has 0 bridgehead atoms. The molecule has 0 radical (unpaired) electrons. The molecule has 2 aromatic rings. The zero-order valence-corrected chi connectivity index (χ0v) is 15.8. The van der Waals surface area contributed by atoms with Crippen molar-refractivity contribution >= 4 is 0 Å². The van der Waals surface area contributed by atoms with Crippen molar-refractivity contribution in [3.63, 3.8) is 0 Å². The van der Waals surface area contributed by atoms with Gasteiger partial charge in [0.1, 0.15) is 5.75 Å². The number of unbranched alkanes of at least 4 members (excludes halogenated alkanes) is 3. The van der Waals surface area contributed by atoms with Crippen LogP contribution >= 0.6 is 0 Å². The monoisotopic (exact) mass is 350 g/mol. The maximum atomic E-state index is 10.5. The number of fused-ring (bicyclic) bond motifs is 1. The van der Waals surface area contributed by atoms with E-state index < -0.39 is 0 Å². The fraction of sp³-hybridized carbons (Fsp3) is 0.435. The average molecular weight is 351 g/mol. The Morgan fingerprint density at radius 2 is 2.04 bits per heavy atom. The number of pyridine rings is 1. The van der Waals surface area contributed by atoms with E-state index in [2.05, 4.69) is 30.5 Å². The second-order valence-corrected chi connectivity index (χ2v) is 7.24. The van der Waals surface area contributed by atoms with Gasteiger partial charge in [-0.25, -0.2) is 0 Å². The number of benzene rings is 1. The summed E-state index contributed by atoms with van der Waals surface area (Å²) < 4.78 is 0. The van der Waals surface area contributed by atoms with Gasteiger partial charge in [-0.3, -0.25) is 9.88 Å². The third kappa shape index (κ3) is 4.34. The van der Waals surface area contributed by atoms with E-state index in [0.717, 1.165) is 30.9 Å². The molecule has 1 aliphatic rings. The molecule has 2 heterocycles. The normalized spacial score (nSPS) is 16.6. The lowest BCUT2D eigenvalue weighted by atomic mass is 10.0. The van der Waals surface area contributed by atoms with E-state index in [1.807, 2.05) is 30.3 Å². The molecule has 26 heavy (non-hydrogen) atoms. The predicted octanol–water partition coefficient (Wildman–Crippen LogP) is 5.39. The molecule has 1 N–H and O–H groups in total. The summed E-state index contributed by atoms with van der Waals surface area (Å²) in [5.41, 5.74) is 4.29. The maximum absolute atomic E-state index is 10.5. The molecule has 0 saturated heterocycles. The van der Waals surface area contributed by atoms with Gasteiger partial charge in [-0.05, 0) is 23.6 Å². The quantitative estimate of drug-likeness (QED) is 0.486. The molecule has 0 amide bonds. The van der Waals surface area contributed by atoms with Crippen LogP contribution in [-0.4, -0.2) is 21.5 Å². The highest BCUT2D eigenvalue weighted by atomic mass is 16.3. The third-order valence-electron chi connectivity index (χ3n) is 5.23. The van der Waals surface area contributed by atoms with Crippen LogP contribution in [-0.2, 0) is 13.0 Å². The topological polar surface area (TPSA) is 36.4 Å². The van der Waals surface area contributed by atoms with Crippen molar-refractivity contribution in [3.8, 4) is 5.75 Å². The fourth-order valence-electron chi connectivity index (χ4n) is 3.87. The lowest BCUT2D eigenvalue weighted by Gasteiger charge is -2.23. The molecule has 0 fully saturated rings. The smallest absolute Gasteiger partial charge is 0.137 e. The zero-order chi connectivity index (χ0) is 18.4. The van der Waals surface area contributed by atoms with E-state index in [1.54, 1.807) is 0 Å². The molecule has 1 aromatic carbocycles. The van der Waals surface area contributed by atoms with Gasteiger partial charge in [-0.2, -0.15) is 0 Å². The van der Waals surface area contributed by atoms with E-state index in [9.17, 15) is 5.11 Å².